The van der Waals surface area contributed by atoms with Crippen LogP contribution >= 0.6 is 11.3 Å². The molecule has 5 rings (SSSR count). The fraction of sp³-hybridized carbons (Fsp3) is 0.280. The van der Waals surface area contributed by atoms with Crippen LogP contribution in [0.3, 0.4) is 0 Å². The number of hydrogen-bond donors (Lipinski definition) is 3. The second-order valence-electron chi connectivity index (χ2n) is 8.62. The molecule has 1 aliphatic rings. The number of nitrogens with zero attached hydrogens (tertiary/aromatic N) is 5. The zero-order valence-corrected chi connectivity index (χ0v) is 20.8. The van der Waals surface area contributed by atoms with Crippen LogP contribution in [0.2, 0.25) is 0 Å². The Hall–Kier alpha value is -4.19. The van der Waals surface area contributed by atoms with Crippen molar-refractivity contribution in [3.05, 3.63) is 48.9 Å². The number of carbonyl (C=O) groups excluding carboxylic acids is 1. The SMILES string of the molecule is CCNC(=O)Nc1nc2cc(-c3cnc(N4CCC(F)(C(=O)O)CC4)nc3)cc(-c3ccccn3)c2s1. The van der Waals surface area contributed by atoms with Gasteiger partial charge < -0.3 is 15.3 Å². The highest BCUT2D eigenvalue weighted by molar-refractivity contribution is 7.22. The summed E-state index contributed by atoms with van der Waals surface area (Å²) in [6.07, 6.45) is 4.85. The molecule has 0 radical (unpaired) electrons. The summed E-state index contributed by atoms with van der Waals surface area (Å²) >= 11 is 1.37. The van der Waals surface area contributed by atoms with Crippen LogP contribution in [-0.4, -0.2) is 62.3 Å². The van der Waals surface area contributed by atoms with Crippen LogP contribution in [0.5, 0.6) is 0 Å². The van der Waals surface area contributed by atoms with Gasteiger partial charge in [0, 0.05) is 62.2 Å². The van der Waals surface area contributed by atoms with Crippen molar-refractivity contribution in [3.63, 3.8) is 0 Å². The minimum Gasteiger partial charge on any atom is -0.479 e. The molecule has 0 spiro atoms. The van der Waals surface area contributed by atoms with E-state index in [-0.39, 0.29) is 32.0 Å². The summed E-state index contributed by atoms with van der Waals surface area (Å²) in [5.41, 5.74) is 1.69. The molecular weight excluding hydrogens is 497 g/mol. The van der Waals surface area contributed by atoms with Crippen molar-refractivity contribution >= 4 is 44.6 Å². The van der Waals surface area contributed by atoms with Crippen LogP contribution in [0, 0.1) is 0 Å². The van der Waals surface area contributed by atoms with E-state index in [1.165, 1.54) is 11.3 Å². The molecule has 1 aliphatic heterocycles. The monoisotopic (exact) mass is 521 g/mol. The minimum atomic E-state index is -2.20. The van der Waals surface area contributed by atoms with Crippen LogP contribution in [0.15, 0.2) is 48.9 Å². The Morgan fingerprint density at radius 1 is 1.14 bits per heavy atom. The molecule has 4 aromatic rings. The van der Waals surface area contributed by atoms with Gasteiger partial charge in [0.2, 0.25) is 11.6 Å². The summed E-state index contributed by atoms with van der Waals surface area (Å²) < 4.78 is 15.3. The summed E-state index contributed by atoms with van der Waals surface area (Å²) in [6, 6.07) is 9.23. The Labute approximate surface area is 215 Å². The van der Waals surface area contributed by atoms with Gasteiger partial charge in [0.1, 0.15) is 0 Å². The molecule has 12 heteroatoms. The van der Waals surface area contributed by atoms with Crippen LogP contribution < -0.4 is 15.5 Å². The van der Waals surface area contributed by atoms with Gasteiger partial charge in [-0.1, -0.05) is 17.4 Å². The van der Waals surface area contributed by atoms with E-state index >= 15 is 0 Å². The highest BCUT2D eigenvalue weighted by Crippen LogP contribution is 2.38. The van der Waals surface area contributed by atoms with Crippen molar-refractivity contribution in [2.45, 2.75) is 25.4 Å². The van der Waals surface area contributed by atoms with Crippen molar-refractivity contribution in [2.24, 2.45) is 0 Å². The third-order valence-electron chi connectivity index (χ3n) is 6.18. The topological polar surface area (TPSA) is 133 Å². The first kappa shape index (κ1) is 24.5. The number of halogens is 1. The molecule has 0 bridgehead atoms. The Morgan fingerprint density at radius 2 is 1.89 bits per heavy atom. The smallest absolute Gasteiger partial charge is 0.341 e. The quantitative estimate of drug-likeness (QED) is 0.341. The molecule has 3 aromatic heterocycles. The van der Waals surface area contributed by atoms with Crippen molar-refractivity contribution in [1.82, 2.24) is 25.3 Å². The van der Waals surface area contributed by atoms with E-state index in [1.54, 1.807) is 23.5 Å². The average molecular weight is 522 g/mol. The van der Waals surface area contributed by atoms with E-state index < -0.39 is 11.6 Å². The molecule has 0 unspecified atom stereocenters. The Kier molecular flexibility index (Phi) is 6.66. The van der Waals surface area contributed by atoms with Crippen molar-refractivity contribution in [3.8, 4) is 22.4 Å². The number of benzene rings is 1. The van der Waals surface area contributed by atoms with Crippen LogP contribution in [0.1, 0.15) is 19.8 Å². The van der Waals surface area contributed by atoms with Gasteiger partial charge in [-0.2, -0.15) is 0 Å². The number of alkyl halides is 1. The summed E-state index contributed by atoms with van der Waals surface area (Å²) in [6.45, 7) is 2.78. The van der Waals surface area contributed by atoms with Crippen molar-refractivity contribution < 1.29 is 19.1 Å². The van der Waals surface area contributed by atoms with Crippen molar-refractivity contribution in [1.29, 1.82) is 0 Å². The number of thiazole rings is 1. The average Bonchev–Trinajstić information content (AvgIpc) is 3.31. The van der Waals surface area contributed by atoms with Crippen LogP contribution in [-0.2, 0) is 4.79 Å². The fourth-order valence-electron chi connectivity index (χ4n) is 4.18. The van der Waals surface area contributed by atoms with Crippen molar-refractivity contribution in [2.75, 3.05) is 29.9 Å². The normalized spacial score (nSPS) is 14.9. The van der Waals surface area contributed by atoms with Gasteiger partial charge in [-0.05, 0) is 36.8 Å². The van der Waals surface area contributed by atoms with Gasteiger partial charge in [0.15, 0.2) is 5.13 Å². The molecule has 37 heavy (non-hydrogen) atoms. The molecule has 3 N–H and O–H groups in total. The maximum Gasteiger partial charge on any atom is 0.341 e. The lowest BCUT2D eigenvalue weighted by atomic mass is 9.94. The summed E-state index contributed by atoms with van der Waals surface area (Å²) in [7, 11) is 0. The predicted molar refractivity (Wildman–Crippen MR) is 139 cm³/mol. The standard InChI is InChI=1S/C25H24FN7O3S/c1-2-27-23(36)32-24-31-19-12-15(11-17(20(19)37-24)18-5-3-4-8-28-18)16-13-29-22(30-14-16)33-9-6-25(26,7-10-33)21(34)35/h3-5,8,11-14H,2,6-7,9-10H2,1H3,(H,34,35)(H2,27,31,32,36). The first-order chi connectivity index (χ1) is 17.9. The number of piperidine rings is 1. The Balaban J connectivity index is 1.46. The molecule has 0 aliphatic carbocycles. The van der Waals surface area contributed by atoms with Gasteiger partial charge >= 0.3 is 12.0 Å². The minimum absolute atomic E-state index is 0.117. The first-order valence-corrected chi connectivity index (χ1v) is 12.6. The number of aliphatic carboxylic acids is 1. The third-order valence-corrected chi connectivity index (χ3v) is 7.20. The molecule has 1 fully saturated rings. The van der Waals surface area contributed by atoms with E-state index in [0.29, 0.717) is 23.1 Å². The van der Waals surface area contributed by atoms with Crippen LogP contribution in [0.4, 0.5) is 20.3 Å². The zero-order valence-electron chi connectivity index (χ0n) is 19.9. The molecule has 0 atom stereocenters. The van der Waals surface area contributed by atoms with Crippen LogP contribution in [0.25, 0.3) is 32.6 Å². The third kappa shape index (κ3) is 5.05. The van der Waals surface area contributed by atoms with Gasteiger partial charge in [-0.3, -0.25) is 10.3 Å². The lowest BCUT2D eigenvalue weighted by Crippen LogP contribution is -2.47. The van der Waals surface area contributed by atoms with Gasteiger partial charge in [-0.25, -0.2) is 28.9 Å². The van der Waals surface area contributed by atoms with Gasteiger partial charge in [0.05, 0.1) is 15.9 Å². The summed E-state index contributed by atoms with van der Waals surface area (Å²) in [5, 5.41) is 15.0. The van der Waals surface area contributed by atoms with E-state index in [0.717, 1.165) is 27.1 Å². The molecule has 0 saturated carbocycles. The number of pyridine rings is 1. The number of nitrogens with one attached hydrogen (secondary N) is 2. The van der Waals surface area contributed by atoms with Gasteiger partial charge in [0.25, 0.3) is 0 Å². The first-order valence-electron chi connectivity index (χ1n) is 11.8. The maximum absolute atomic E-state index is 14.4. The molecule has 10 nitrogen and oxygen atoms in total. The number of carboxylic acid groups (broad SMARTS) is 1. The van der Waals surface area contributed by atoms with Gasteiger partial charge in [-0.15, -0.1) is 0 Å². The number of fused-ring (bicyclic) bond motifs is 1. The Morgan fingerprint density at radius 3 is 2.54 bits per heavy atom. The number of carboxylic acids is 1. The Bertz CT molecular complexity index is 1440. The largest absolute Gasteiger partial charge is 0.479 e. The second kappa shape index (κ2) is 10.1. The highest BCUT2D eigenvalue weighted by Gasteiger charge is 2.42. The number of amides is 2. The van der Waals surface area contributed by atoms with E-state index in [4.69, 9.17) is 5.11 Å². The van der Waals surface area contributed by atoms with E-state index in [2.05, 4.69) is 30.6 Å². The fourth-order valence-corrected chi connectivity index (χ4v) is 5.14. The molecule has 1 saturated heterocycles. The maximum atomic E-state index is 14.4. The molecular formula is C25H24FN7O3S. The molecule has 2 amide bonds. The summed E-state index contributed by atoms with van der Waals surface area (Å²) in [4.78, 5) is 43.0. The molecule has 1 aromatic carbocycles. The number of rotatable bonds is 6. The second-order valence-corrected chi connectivity index (χ2v) is 9.62. The lowest BCUT2D eigenvalue weighted by molar-refractivity contribution is -0.152. The highest BCUT2D eigenvalue weighted by atomic mass is 32.1. The number of urea groups is 1. The number of aromatic nitrogens is 4. The molecule has 4 heterocycles. The van der Waals surface area contributed by atoms with E-state index in [9.17, 15) is 14.0 Å². The number of carbonyl (C=O) groups is 2. The van der Waals surface area contributed by atoms with E-state index in [1.807, 2.05) is 37.3 Å². The number of anilines is 2. The summed E-state index contributed by atoms with van der Waals surface area (Å²) in [5.74, 6) is -1.00. The zero-order chi connectivity index (χ0) is 26.0. The molecule has 190 valence electrons. The predicted octanol–water partition coefficient (Wildman–Crippen LogP) is 4.35. The lowest BCUT2D eigenvalue weighted by Gasteiger charge is -2.33. The number of hydrogen-bond acceptors (Lipinski definition) is 8.